The summed E-state index contributed by atoms with van der Waals surface area (Å²) in [4.78, 5) is 8.93. The zero-order valence-corrected chi connectivity index (χ0v) is 10.7. The highest BCUT2D eigenvalue weighted by Gasteiger charge is 2.13. The zero-order valence-electron chi connectivity index (χ0n) is 10.7. The topological polar surface area (TPSA) is 69.1 Å². The molecular weight excluding hydrogens is 238 g/mol. The maximum absolute atomic E-state index is 5.64. The molecule has 0 bridgehead atoms. The van der Waals surface area contributed by atoms with E-state index in [9.17, 15) is 0 Å². The number of benzene rings is 1. The van der Waals surface area contributed by atoms with Gasteiger partial charge in [-0.05, 0) is 13.5 Å². The maximum atomic E-state index is 5.64. The van der Waals surface area contributed by atoms with E-state index in [1.165, 1.54) is 0 Å². The molecule has 3 rings (SSSR count). The molecule has 0 aliphatic rings. The summed E-state index contributed by atoms with van der Waals surface area (Å²) in [7, 11) is 0. The average Bonchev–Trinajstić information content (AvgIpc) is 2.79. The van der Waals surface area contributed by atoms with Gasteiger partial charge in [-0.3, -0.25) is 0 Å². The fourth-order valence-electron chi connectivity index (χ4n) is 2.12. The molecular formula is C14H15N5. The van der Waals surface area contributed by atoms with E-state index in [0.29, 0.717) is 13.0 Å². The number of nitrogens with two attached hydrogens (primary N) is 1. The van der Waals surface area contributed by atoms with Crippen LogP contribution in [0.25, 0.3) is 16.8 Å². The molecule has 2 aromatic heterocycles. The van der Waals surface area contributed by atoms with Crippen LogP contribution in [0, 0.1) is 6.92 Å². The first kappa shape index (κ1) is 11.8. The highest BCUT2D eigenvalue weighted by atomic mass is 15.3. The second-order valence-corrected chi connectivity index (χ2v) is 4.38. The van der Waals surface area contributed by atoms with Crippen LogP contribution in [0.3, 0.4) is 0 Å². The molecule has 0 fully saturated rings. The lowest BCUT2D eigenvalue weighted by molar-refractivity contribution is 0.766. The second-order valence-electron chi connectivity index (χ2n) is 4.38. The van der Waals surface area contributed by atoms with Gasteiger partial charge in [-0.15, -0.1) is 0 Å². The van der Waals surface area contributed by atoms with Crippen LogP contribution < -0.4 is 5.73 Å². The Labute approximate surface area is 111 Å². The van der Waals surface area contributed by atoms with Gasteiger partial charge in [-0.2, -0.15) is 5.10 Å². The molecule has 0 saturated carbocycles. The van der Waals surface area contributed by atoms with E-state index in [4.69, 9.17) is 5.73 Å². The number of aryl methyl sites for hydroxylation is 1. The molecule has 5 nitrogen and oxygen atoms in total. The third kappa shape index (κ3) is 2.08. The van der Waals surface area contributed by atoms with Crippen LogP contribution in [0.15, 0.2) is 36.5 Å². The molecule has 0 spiro atoms. The molecule has 0 radical (unpaired) electrons. The molecule has 0 amide bonds. The second kappa shape index (κ2) is 4.78. The first-order valence-electron chi connectivity index (χ1n) is 6.26. The quantitative estimate of drug-likeness (QED) is 0.769. The monoisotopic (exact) mass is 253 g/mol. The van der Waals surface area contributed by atoms with Crippen LogP contribution in [0.5, 0.6) is 0 Å². The zero-order chi connectivity index (χ0) is 13.2. The first-order chi connectivity index (χ1) is 9.29. The van der Waals surface area contributed by atoms with Gasteiger partial charge in [0.05, 0.1) is 11.9 Å². The van der Waals surface area contributed by atoms with Gasteiger partial charge in [0.1, 0.15) is 17.2 Å². The van der Waals surface area contributed by atoms with E-state index in [2.05, 4.69) is 15.1 Å². The fourth-order valence-corrected chi connectivity index (χ4v) is 2.12. The Morgan fingerprint density at radius 3 is 2.74 bits per heavy atom. The van der Waals surface area contributed by atoms with Gasteiger partial charge in [0.2, 0.25) is 0 Å². The van der Waals surface area contributed by atoms with E-state index < -0.39 is 0 Å². The summed E-state index contributed by atoms with van der Waals surface area (Å²) in [6.45, 7) is 2.42. The van der Waals surface area contributed by atoms with Crippen molar-refractivity contribution in [1.82, 2.24) is 19.6 Å². The molecule has 0 saturated heterocycles. The first-order valence-corrected chi connectivity index (χ1v) is 6.26. The number of aromatic nitrogens is 4. The lowest BCUT2D eigenvalue weighted by Gasteiger charge is -1.99. The summed E-state index contributed by atoms with van der Waals surface area (Å²) in [5.74, 6) is 1.60. The van der Waals surface area contributed by atoms with E-state index >= 15 is 0 Å². The van der Waals surface area contributed by atoms with Gasteiger partial charge in [0, 0.05) is 12.0 Å². The van der Waals surface area contributed by atoms with Crippen molar-refractivity contribution < 1.29 is 0 Å². The Balaban J connectivity index is 2.25. The normalized spacial score (nSPS) is 11.1. The minimum absolute atomic E-state index is 0.552. The van der Waals surface area contributed by atoms with Crippen LogP contribution in [-0.4, -0.2) is 26.1 Å². The number of rotatable bonds is 3. The summed E-state index contributed by atoms with van der Waals surface area (Å²) >= 11 is 0. The van der Waals surface area contributed by atoms with Crippen molar-refractivity contribution in [2.24, 2.45) is 5.73 Å². The Bertz CT molecular complexity index is 702. The predicted octanol–water partition coefficient (Wildman–Crippen LogP) is 1.60. The molecule has 5 heteroatoms. The van der Waals surface area contributed by atoms with Crippen molar-refractivity contribution in [3.8, 4) is 11.3 Å². The van der Waals surface area contributed by atoms with Crippen LogP contribution >= 0.6 is 0 Å². The van der Waals surface area contributed by atoms with Crippen LogP contribution in [0.1, 0.15) is 11.6 Å². The number of hydrogen-bond acceptors (Lipinski definition) is 4. The Kier molecular flexibility index (Phi) is 2.97. The van der Waals surface area contributed by atoms with Gasteiger partial charge >= 0.3 is 0 Å². The summed E-state index contributed by atoms with van der Waals surface area (Å²) in [5.41, 5.74) is 8.53. The fraction of sp³-hybridized carbons (Fsp3) is 0.214. The van der Waals surface area contributed by atoms with Gasteiger partial charge in [-0.25, -0.2) is 14.5 Å². The summed E-state index contributed by atoms with van der Waals surface area (Å²) in [6.07, 6.45) is 2.52. The minimum Gasteiger partial charge on any atom is -0.330 e. The lowest BCUT2D eigenvalue weighted by Crippen LogP contribution is -2.08. The molecule has 0 aliphatic carbocycles. The van der Waals surface area contributed by atoms with Gasteiger partial charge in [0.25, 0.3) is 0 Å². The Morgan fingerprint density at radius 2 is 2.00 bits per heavy atom. The SMILES string of the molecule is Cc1ncc2c(-c3ccccc3)nc(CCN)n2n1. The van der Waals surface area contributed by atoms with Gasteiger partial charge in [0.15, 0.2) is 0 Å². The predicted molar refractivity (Wildman–Crippen MR) is 73.7 cm³/mol. The smallest absolute Gasteiger partial charge is 0.146 e. The standard InChI is InChI=1S/C14H15N5/c1-10-16-9-12-14(11-5-3-2-4-6-11)17-13(7-8-15)19(12)18-10/h2-6,9H,7-8,15H2,1H3. The molecule has 1 aromatic carbocycles. The lowest BCUT2D eigenvalue weighted by atomic mass is 10.1. The van der Waals surface area contributed by atoms with E-state index in [1.807, 2.05) is 48.0 Å². The van der Waals surface area contributed by atoms with E-state index in [0.717, 1.165) is 28.4 Å². The van der Waals surface area contributed by atoms with E-state index in [-0.39, 0.29) is 0 Å². The maximum Gasteiger partial charge on any atom is 0.146 e. The third-order valence-corrected chi connectivity index (χ3v) is 2.99. The third-order valence-electron chi connectivity index (χ3n) is 2.99. The van der Waals surface area contributed by atoms with Crippen molar-refractivity contribution in [2.45, 2.75) is 13.3 Å². The molecule has 0 atom stereocenters. The van der Waals surface area contributed by atoms with Gasteiger partial charge < -0.3 is 5.73 Å². The largest absolute Gasteiger partial charge is 0.330 e. The summed E-state index contributed by atoms with van der Waals surface area (Å²) in [6, 6.07) is 10.1. The van der Waals surface area contributed by atoms with Crippen molar-refractivity contribution in [3.63, 3.8) is 0 Å². The molecule has 0 aliphatic heterocycles. The van der Waals surface area contributed by atoms with Crippen LogP contribution in [0.2, 0.25) is 0 Å². The summed E-state index contributed by atoms with van der Waals surface area (Å²) in [5, 5.41) is 4.43. The van der Waals surface area contributed by atoms with Crippen molar-refractivity contribution in [2.75, 3.05) is 6.54 Å². The van der Waals surface area contributed by atoms with Gasteiger partial charge in [-0.1, -0.05) is 30.3 Å². The average molecular weight is 253 g/mol. The molecule has 96 valence electrons. The van der Waals surface area contributed by atoms with Crippen LogP contribution in [-0.2, 0) is 6.42 Å². The number of hydrogen-bond donors (Lipinski definition) is 1. The highest BCUT2D eigenvalue weighted by molar-refractivity contribution is 5.76. The molecule has 3 aromatic rings. The van der Waals surface area contributed by atoms with Crippen molar-refractivity contribution >= 4 is 5.52 Å². The molecule has 2 N–H and O–H groups in total. The Hall–Kier alpha value is -2.27. The molecule has 0 unspecified atom stereocenters. The van der Waals surface area contributed by atoms with Crippen molar-refractivity contribution in [3.05, 3.63) is 48.2 Å². The number of fused-ring (bicyclic) bond motifs is 1. The number of nitrogens with zero attached hydrogens (tertiary/aromatic N) is 4. The molecule has 19 heavy (non-hydrogen) atoms. The highest BCUT2D eigenvalue weighted by Crippen LogP contribution is 2.23. The van der Waals surface area contributed by atoms with E-state index in [1.54, 1.807) is 0 Å². The summed E-state index contributed by atoms with van der Waals surface area (Å²) < 4.78 is 1.84. The molecule has 2 heterocycles. The van der Waals surface area contributed by atoms with Crippen molar-refractivity contribution in [1.29, 1.82) is 0 Å². The Morgan fingerprint density at radius 1 is 1.21 bits per heavy atom. The minimum atomic E-state index is 0.552. The van der Waals surface area contributed by atoms with Crippen LogP contribution in [0.4, 0.5) is 0 Å². The number of imidazole rings is 1.